The van der Waals surface area contributed by atoms with Gasteiger partial charge in [-0.1, -0.05) is 11.6 Å². The van der Waals surface area contributed by atoms with E-state index in [4.69, 9.17) is 38.4 Å². The Morgan fingerprint density at radius 2 is 2.19 bits per heavy atom. The molecule has 0 aliphatic heterocycles. The summed E-state index contributed by atoms with van der Waals surface area (Å²) in [4.78, 5) is 23.0. The molecule has 138 valence electrons. The average Bonchev–Trinajstić information content (AvgIpc) is 2.61. The normalized spacial score (nSPS) is 10.9. The van der Waals surface area contributed by atoms with Crippen LogP contribution in [0.3, 0.4) is 0 Å². The topological polar surface area (TPSA) is 119 Å². The second-order valence-electron chi connectivity index (χ2n) is 4.93. The number of methoxy groups -OCH3 is 2. The Kier molecular flexibility index (Phi) is 6.47. The van der Waals surface area contributed by atoms with E-state index < -0.39 is 11.5 Å². The number of hydrogen-bond acceptors (Lipinski definition) is 7. The number of nitrogens with one attached hydrogen (secondary N) is 1. The molecule has 0 spiro atoms. The lowest BCUT2D eigenvalue weighted by molar-refractivity contribution is -0.136. The van der Waals surface area contributed by atoms with Gasteiger partial charge < -0.3 is 14.6 Å². The predicted octanol–water partition coefficient (Wildman–Crippen LogP) is 1.87. The van der Waals surface area contributed by atoms with Gasteiger partial charge in [0, 0.05) is 12.0 Å². The van der Waals surface area contributed by atoms with E-state index >= 15 is 0 Å². The van der Waals surface area contributed by atoms with Crippen LogP contribution in [0.2, 0.25) is 5.02 Å². The van der Waals surface area contributed by atoms with Crippen LogP contribution in [0.25, 0.3) is 0 Å². The number of aromatic amines is 1. The average molecular weight is 399 g/mol. The number of nitrogens with zero attached hydrogens (tertiary/aromatic N) is 3. The summed E-state index contributed by atoms with van der Waals surface area (Å²) in [5.74, 6) is -0.266. The summed E-state index contributed by atoms with van der Waals surface area (Å²) in [6.07, 6.45) is 1.04. The molecule has 0 radical (unpaired) electrons. The van der Waals surface area contributed by atoms with Gasteiger partial charge >= 0.3 is 5.97 Å². The number of carbonyl (C=O) groups is 1. The molecule has 2 rings (SSSR count). The lowest BCUT2D eigenvalue weighted by atomic mass is 10.2. The third-order valence-electron chi connectivity index (χ3n) is 3.32. The van der Waals surface area contributed by atoms with Crippen molar-refractivity contribution >= 4 is 36.0 Å². The highest BCUT2D eigenvalue weighted by Gasteiger charge is 2.13. The van der Waals surface area contributed by atoms with Crippen LogP contribution in [0.15, 0.2) is 22.0 Å². The number of carboxylic acids is 1. The van der Waals surface area contributed by atoms with Crippen LogP contribution in [0, 0.1) is 4.77 Å². The van der Waals surface area contributed by atoms with E-state index in [0.717, 1.165) is 4.68 Å². The van der Waals surface area contributed by atoms with Gasteiger partial charge in [-0.25, -0.2) is 0 Å². The molecule has 0 bridgehead atoms. The zero-order chi connectivity index (χ0) is 19.3. The number of ether oxygens (including phenoxy) is 2. The van der Waals surface area contributed by atoms with Crippen molar-refractivity contribution in [3.63, 3.8) is 0 Å². The molecule has 0 saturated carbocycles. The van der Waals surface area contributed by atoms with Gasteiger partial charge in [-0.15, -0.1) is 0 Å². The smallest absolute Gasteiger partial charge is 0.303 e. The molecule has 1 aromatic carbocycles. The van der Waals surface area contributed by atoms with Crippen LogP contribution in [0.4, 0.5) is 0 Å². The van der Waals surface area contributed by atoms with E-state index in [-0.39, 0.29) is 28.3 Å². The highest BCUT2D eigenvalue weighted by atomic mass is 35.5. The fourth-order valence-corrected chi connectivity index (χ4v) is 2.50. The summed E-state index contributed by atoms with van der Waals surface area (Å²) in [7, 11) is 2.93. The summed E-state index contributed by atoms with van der Waals surface area (Å²) >= 11 is 11.3. The molecule has 2 aromatic rings. The fraction of sp³-hybridized carbons (Fsp3) is 0.267. The van der Waals surface area contributed by atoms with Crippen molar-refractivity contribution in [3.05, 3.63) is 43.5 Å². The summed E-state index contributed by atoms with van der Waals surface area (Å²) in [6.45, 7) is 0. The molecule has 0 amide bonds. The van der Waals surface area contributed by atoms with E-state index in [2.05, 4.69) is 15.3 Å². The van der Waals surface area contributed by atoms with Crippen molar-refractivity contribution in [2.75, 3.05) is 14.2 Å². The van der Waals surface area contributed by atoms with E-state index in [1.807, 2.05) is 0 Å². The van der Waals surface area contributed by atoms with Crippen LogP contribution >= 0.6 is 23.8 Å². The largest absolute Gasteiger partial charge is 0.493 e. The van der Waals surface area contributed by atoms with Gasteiger partial charge in [-0.3, -0.25) is 14.7 Å². The monoisotopic (exact) mass is 398 g/mol. The number of hydrogen-bond donors (Lipinski definition) is 2. The predicted molar refractivity (Wildman–Crippen MR) is 97.2 cm³/mol. The summed E-state index contributed by atoms with van der Waals surface area (Å²) in [5, 5.41) is 19.2. The number of aromatic nitrogens is 3. The van der Waals surface area contributed by atoms with Gasteiger partial charge in [0.05, 0.1) is 31.9 Å². The maximum absolute atomic E-state index is 12.4. The minimum absolute atomic E-state index is 0.0107. The molecule has 11 heteroatoms. The minimum Gasteiger partial charge on any atom is -0.493 e. The van der Waals surface area contributed by atoms with Crippen molar-refractivity contribution in [2.45, 2.75) is 12.8 Å². The standard InChI is InChI=1S/C15H15ClN4O5S/c1-24-10-5-3-8(12(16)13(10)25-2)7-17-20-14(23)9(4-6-11(21)22)18-19-15(20)26/h3,5,7H,4,6H2,1-2H3,(H,19,26)(H,21,22)/b17-7-. The van der Waals surface area contributed by atoms with E-state index in [1.165, 1.54) is 20.4 Å². The van der Waals surface area contributed by atoms with Crippen molar-refractivity contribution in [3.8, 4) is 11.5 Å². The van der Waals surface area contributed by atoms with Crippen LogP contribution in [0.1, 0.15) is 17.7 Å². The highest BCUT2D eigenvalue weighted by Crippen LogP contribution is 2.36. The second-order valence-corrected chi connectivity index (χ2v) is 5.70. The molecule has 0 unspecified atom stereocenters. The molecule has 26 heavy (non-hydrogen) atoms. The molecule has 0 aliphatic rings. The molecule has 1 aromatic heterocycles. The van der Waals surface area contributed by atoms with Gasteiger partial charge in [0.15, 0.2) is 11.5 Å². The molecule has 0 atom stereocenters. The molecule has 1 heterocycles. The van der Waals surface area contributed by atoms with E-state index in [1.54, 1.807) is 12.1 Å². The van der Waals surface area contributed by atoms with Crippen LogP contribution in [-0.2, 0) is 11.2 Å². The Morgan fingerprint density at radius 1 is 1.46 bits per heavy atom. The summed E-state index contributed by atoms with van der Waals surface area (Å²) in [6, 6.07) is 3.28. The number of H-pyrrole nitrogens is 1. The zero-order valence-electron chi connectivity index (χ0n) is 13.9. The zero-order valence-corrected chi connectivity index (χ0v) is 15.4. The van der Waals surface area contributed by atoms with Gasteiger partial charge in [-0.2, -0.15) is 14.9 Å². The minimum atomic E-state index is -1.04. The Balaban J connectivity index is 2.42. The first-order valence-corrected chi connectivity index (χ1v) is 8.05. The fourth-order valence-electron chi connectivity index (χ4n) is 2.04. The Bertz CT molecular complexity index is 969. The molecule has 9 nitrogen and oxygen atoms in total. The van der Waals surface area contributed by atoms with Crippen molar-refractivity contribution < 1.29 is 19.4 Å². The first-order chi connectivity index (χ1) is 12.4. The molecule has 0 saturated heterocycles. The van der Waals surface area contributed by atoms with Gasteiger partial charge in [-0.05, 0) is 24.4 Å². The SMILES string of the molecule is COc1ccc(/C=N\n2c(=S)[nH]nc(CCC(=O)O)c2=O)c(Cl)c1OC. The van der Waals surface area contributed by atoms with Gasteiger partial charge in [0.2, 0.25) is 4.77 Å². The van der Waals surface area contributed by atoms with Crippen molar-refractivity contribution in [1.82, 2.24) is 14.9 Å². The maximum Gasteiger partial charge on any atom is 0.303 e. The van der Waals surface area contributed by atoms with Crippen molar-refractivity contribution in [1.29, 1.82) is 0 Å². The summed E-state index contributed by atoms with van der Waals surface area (Å²) < 4.78 is 11.2. The molecule has 0 fully saturated rings. The van der Waals surface area contributed by atoms with E-state index in [0.29, 0.717) is 17.1 Å². The van der Waals surface area contributed by atoms with Gasteiger partial charge in [0.1, 0.15) is 5.69 Å². The third-order valence-corrected chi connectivity index (χ3v) is 3.98. The van der Waals surface area contributed by atoms with Crippen LogP contribution in [0.5, 0.6) is 11.5 Å². The lowest BCUT2D eigenvalue weighted by Gasteiger charge is -2.10. The van der Waals surface area contributed by atoms with Crippen LogP contribution < -0.4 is 15.0 Å². The highest BCUT2D eigenvalue weighted by molar-refractivity contribution is 7.71. The number of benzene rings is 1. The van der Waals surface area contributed by atoms with Crippen molar-refractivity contribution in [2.24, 2.45) is 5.10 Å². The number of halogens is 1. The van der Waals surface area contributed by atoms with Gasteiger partial charge in [0.25, 0.3) is 5.56 Å². The number of aryl methyl sites for hydroxylation is 1. The third kappa shape index (κ3) is 4.27. The molecule has 0 aliphatic carbocycles. The lowest BCUT2D eigenvalue weighted by Crippen LogP contribution is -2.25. The Hall–Kier alpha value is -2.72. The van der Waals surface area contributed by atoms with Crippen LogP contribution in [-0.4, -0.2) is 46.4 Å². The molecular formula is C15H15ClN4O5S. The maximum atomic E-state index is 12.4. The molecular weight excluding hydrogens is 384 g/mol. The number of aliphatic carboxylic acids is 1. The first kappa shape index (κ1) is 19.6. The number of carboxylic acid groups (broad SMARTS) is 1. The number of rotatable bonds is 7. The Labute approximate surface area is 157 Å². The van der Waals surface area contributed by atoms with E-state index in [9.17, 15) is 9.59 Å². The molecule has 2 N–H and O–H groups in total. The quantitative estimate of drug-likeness (QED) is 0.539. The Morgan fingerprint density at radius 3 is 2.81 bits per heavy atom. The second kappa shape index (κ2) is 8.59. The first-order valence-electron chi connectivity index (χ1n) is 7.26. The summed E-state index contributed by atoms with van der Waals surface area (Å²) in [5.41, 5.74) is -0.131.